The van der Waals surface area contributed by atoms with Gasteiger partial charge in [-0.15, -0.1) is 0 Å². The summed E-state index contributed by atoms with van der Waals surface area (Å²) in [5.41, 5.74) is 0.777. The zero-order chi connectivity index (χ0) is 28.0. The number of hydrogen-bond acceptors (Lipinski definition) is 13. The van der Waals surface area contributed by atoms with Gasteiger partial charge in [-0.1, -0.05) is 6.07 Å². The molecule has 1 fully saturated rings. The fourth-order valence-corrected chi connectivity index (χ4v) is 3.96. The van der Waals surface area contributed by atoms with Crippen LogP contribution in [0.15, 0.2) is 30.3 Å². The molecule has 212 valence electrons. The second kappa shape index (κ2) is 13.3. The van der Waals surface area contributed by atoms with E-state index in [-0.39, 0.29) is 40.9 Å². The van der Waals surface area contributed by atoms with Crippen molar-refractivity contribution in [3.05, 3.63) is 41.5 Å². The summed E-state index contributed by atoms with van der Waals surface area (Å²) < 4.78 is 32.9. The highest BCUT2D eigenvalue weighted by atomic mass is 16.7. The van der Waals surface area contributed by atoms with Crippen LogP contribution in [0.4, 0.5) is 0 Å². The molecule has 38 heavy (non-hydrogen) atoms. The predicted octanol–water partition coefficient (Wildman–Crippen LogP) is -1.14. The quantitative estimate of drug-likeness (QED) is 0.170. The molecule has 1 aliphatic heterocycles. The number of hydrogen-bond donors (Lipinski definition) is 7. The van der Waals surface area contributed by atoms with Crippen molar-refractivity contribution in [3.8, 4) is 28.7 Å². The molecule has 0 aromatic heterocycles. The maximum atomic E-state index is 11.0. The lowest BCUT2D eigenvalue weighted by Gasteiger charge is -2.39. The van der Waals surface area contributed by atoms with Crippen molar-refractivity contribution < 1.29 is 64.2 Å². The minimum atomic E-state index is -1.63. The van der Waals surface area contributed by atoms with Gasteiger partial charge in [-0.25, -0.2) is 0 Å². The van der Waals surface area contributed by atoms with Crippen LogP contribution in [0.1, 0.15) is 17.2 Å². The van der Waals surface area contributed by atoms with Gasteiger partial charge < -0.3 is 64.2 Å². The van der Waals surface area contributed by atoms with E-state index in [1.165, 1.54) is 51.7 Å². The first-order valence-corrected chi connectivity index (χ1v) is 11.7. The lowest BCUT2D eigenvalue weighted by Crippen LogP contribution is -2.60. The zero-order valence-electron chi connectivity index (χ0n) is 21.1. The molecule has 1 saturated heterocycles. The molecule has 0 aliphatic carbocycles. The molecule has 2 aromatic carbocycles. The smallest absolute Gasteiger partial charge is 0.229 e. The van der Waals surface area contributed by atoms with Crippen LogP contribution in [0, 0.1) is 0 Å². The summed E-state index contributed by atoms with van der Waals surface area (Å²) in [4.78, 5) is 0. The fraction of sp³-hybridized carbons (Fsp3) is 0.520. The SMILES string of the molecule is COc1cc(C(O)C(CO)Oc2c(OC)cc(CO)cc2OC)ccc1OC1OC(CO)C(O)C(O)C1O. The summed E-state index contributed by atoms with van der Waals surface area (Å²) in [6.07, 6.45) is -9.94. The summed E-state index contributed by atoms with van der Waals surface area (Å²) in [6.45, 7) is -1.48. The van der Waals surface area contributed by atoms with Gasteiger partial charge in [0, 0.05) is 0 Å². The van der Waals surface area contributed by atoms with E-state index in [9.17, 15) is 35.7 Å². The van der Waals surface area contributed by atoms with E-state index in [1.807, 2.05) is 0 Å². The molecule has 3 rings (SSSR count). The molecule has 7 unspecified atom stereocenters. The van der Waals surface area contributed by atoms with Gasteiger partial charge in [0.2, 0.25) is 12.0 Å². The topological polar surface area (TPSA) is 197 Å². The summed E-state index contributed by atoms with van der Waals surface area (Å²) >= 11 is 0. The van der Waals surface area contributed by atoms with E-state index in [1.54, 1.807) is 0 Å². The highest BCUT2D eigenvalue weighted by molar-refractivity contribution is 5.54. The fourth-order valence-electron chi connectivity index (χ4n) is 3.96. The molecular formula is C25H34O13. The molecule has 2 aromatic rings. The number of rotatable bonds is 12. The Hall–Kier alpha value is -2.88. The Bertz CT molecular complexity index is 1020. The van der Waals surface area contributed by atoms with Gasteiger partial charge >= 0.3 is 0 Å². The summed E-state index contributed by atoms with van der Waals surface area (Å²) in [6, 6.07) is 7.35. The Labute approximate surface area is 218 Å². The lowest BCUT2D eigenvalue weighted by molar-refractivity contribution is -0.277. The van der Waals surface area contributed by atoms with E-state index in [0.29, 0.717) is 5.56 Å². The highest BCUT2D eigenvalue weighted by Crippen LogP contribution is 2.41. The number of benzene rings is 2. The Morgan fingerprint density at radius 1 is 0.816 bits per heavy atom. The Morgan fingerprint density at radius 3 is 1.97 bits per heavy atom. The van der Waals surface area contributed by atoms with Gasteiger partial charge in [0.1, 0.15) is 30.5 Å². The number of aliphatic hydroxyl groups is 7. The van der Waals surface area contributed by atoms with E-state index in [0.717, 1.165) is 0 Å². The van der Waals surface area contributed by atoms with Gasteiger partial charge in [-0.3, -0.25) is 0 Å². The van der Waals surface area contributed by atoms with Crippen LogP contribution in [0.5, 0.6) is 28.7 Å². The molecule has 7 atom stereocenters. The third-order valence-corrected chi connectivity index (χ3v) is 6.13. The van der Waals surface area contributed by atoms with E-state index >= 15 is 0 Å². The molecular weight excluding hydrogens is 508 g/mol. The van der Waals surface area contributed by atoms with Crippen LogP contribution in [-0.2, 0) is 11.3 Å². The minimum absolute atomic E-state index is 0.0668. The molecule has 0 amide bonds. The molecule has 0 radical (unpaired) electrons. The molecule has 0 spiro atoms. The van der Waals surface area contributed by atoms with Gasteiger partial charge in [-0.2, -0.15) is 0 Å². The van der Waals surface area contributed by atoms with Gasteiger partial charge in [0.05, 0.1) is 41.2 Å². The average molecular weight is 543 g/mol. The molecule has 0 saturated carbocycles. The van der Waals surface area contributed by atoms with Crippen LogP contribution in [0.2, 0.25) is 0 Å². The highest BCUT2D eigenvalue weighted by Gasteiger charge is 2.45. The van der Waals surface area contributed by atoms with Gasteiger partial charge in [0.25, 0.3) is 0 Å². The largest absolute Gasteiger partial charge is 0.493 e. The third kappa shape index (κ3) is 6.22. The van der Waals surface area contributed by atoms with E-state index in [2.05, 4.69) is 0 Å². The van der Waals surface area contributed by atoms with Crippen LogP contribution < -0.4 is 23.7 Å². The van der Waals surface area contributed by atoms with Crippen LogP contribution in [-0.4, -0.2) is 107 Å². The maximum Gasteiger partial charge on any atom is 0.229 e. The second-order valence-electron chi connectivity index (χ2n) is 8.50. The second-order valence-corrected chi connectivity index (χ2v) is 8.50. The van der Waals surface area contributed by atoms with Crippen molar-refractivity contribution in [2.45, 2.75) is 49.5 Å². The van der Waals surface area contributed by atoms with E-state index in [4.69, 9.17) is 28.4 Å². The van der Waals surface area contributed by atoms with Crippen molar-refractivity contribution >= 4 is 0 Å². The van der Waals surface area contributed by atoms with Gasteiger partial charge in [0.15, 0.2) is 29.1 Å². The standard InChI is InChI=1S/C25H34O13/c1-33-15-8-13(4-5-14(15)37-25-23(32)22(31)21(30)19(11-28)38-25)20(29)18(10-27)36-24-16(34-2)6-12(9-26)7-17(24)35-3/h4-8,18-23,25-32H,9-11H2,1-3H3. The molecule has 13 nitrogen and oxygen atoms in total. The van der Waals surface area contributed by atoms with E-state index < -0.39 is 56.1 Å². The predicted molar refractivity (Wildman–Crippen MR) is 129 cm³/mol. The van der Waals surface area contributed by atoms with Crippen LogP contribution in [0.25, 0.3) is 0 Å². The molecule has 13 heteroatoms. The van der Waals surface area contributed by atoms with Crippen molar-refractivity contribution in [2.24, 2.45) is 0 Å². The first-order chi connectivity index (χ1) is 18.2. The molecule has 1 heterocycles. The number of methoxy groups -OCH3 is 3. The Balaban J connectivity index is 1.83. The van der Waals surface area contributed by atoms with Crippen molar-refractivity contribution in [2.75, 3.05) is 34.5 Å². The number of aliphatic hydroxyl groups excluding tert-OH is 7. The molecule has 7 N–H and O–H groups in total. The van der Waals surface area contributed by atoms with Gasteiger partial charge in [-0.05, 0) is 35.4 Å². The average Bonchev–Trinajstić information content (AvgIpc) is 2.95. The summed E-state index contributed by atoms with van der Waals surface area (Å²) in [7, 11) is 4.13. The van der Waals surface area contributed by atoms with Crippen LogP contribution in [0.3, 0.4) is 0 Å². The first kappa shape index (κ1) is 29.7. The third-order valence-electron chi connectivity index (χ3n) is 6.13. The lowest BCUT2D eigenvalue weighted by atomic mass is 9.99. The molecule has 0 bridgehead atoms. The van der Waals surface area contributed by atoms with Crippen molar-refractivity contribution in [1.29, 1.82) is 0 Å². The first-order valence-electron chi connectivity index (χ1n) is 11.7. The zero-order valence-corrected chi connectivity index (χ0v) is 21.1. The number of ether oxygens (including phenoxy) is 6. The maximum absolute atomic E-state index is 11.0. The Kier molecular flexibility index (Phi) is 10.4. The summed E-state index contributed by atoms with van der Waals surface area (Å²) in [5, 5.41) is 70.1. The minimum Gasteiger partial charge on any atom is -0.493 e. The normalized spacial score (nSPS) is 24.8. The monoisotopic (exact) mass is 542 g/mol. The molecule has 1 aliphatic rings. The van der Waals surface area contributed by atoms with Crippen molar-refractivity contribution in [3.63, 3.8) is 0 Å². The Morgan fingerprint density at radius 2 is 1.45 bits per heavy atom. The van der Waals surface area contributed by atoms with Crippen molar-refractivity contribution in [1.82, 2.24) is 0 Å². The van der Waals surface area contributed by atoms with Crippen LogP contribution >= 0.6 is 0 Å². The summed E-state index contributed by atoms with van der Waals surface area (Å²) in [5.74, 6) is 0.731.